The van der Waals surface area contributed by atoms with E-state index in [0.29, 0.717) is 39.5 Å². The molecule has 3 heterocycles. The Balaban J connectivity index is 1.48. The van der Waals surface area contributed by atoms with Gasteiger partial charge >= 0.3 is 0 Å². The summed E-state index contributed by atoms with van der Waals surface area (Å²) in [5, 5.41) is 16.2. The quantitative estimate of drug-likeness (QED) is 0.475. The highest BCUT2D eigenvalue weighted by Gasteiger charge is 2.35. The highest BCUT2D eigenvalue weighted by Crippen LogP contribution is 2.36. The fourth-order valence-electron chi connectivity index (χ4n) is 3.79. The van der Waals surface area contributed by atoms with E-state index >= 15 is 0 Å². The van der Waals surface area contributed by atoms with Crippen LogP contribution in [0.5, 0.6) is 11.5 Å². The molecule has 3 aromatic rings. The number of halogens is 1. The van der Waals surface area contributed by atoms with Crippen molar-refractivity contribution in [2.24, 2.45) is 10.1 Å². The predicted octanol–water partition coefficient (Wildman–Crippen LogP) is 5.01. The molecule has 0 saturated heterocycles. The van der Waals surface area contributed by atoms with Gasteiger partial charge in [-0.3, -0.25) is 10.2 Å². The van der Waals surface area contributed by atoms with Crippen LogP contribution in [0.25, 0.3) is 11.8 Å². The number of carbonyl (C=O) groups is 1. The molecule has 0 aliphatic carbocycles. The molecular formula is C25H20ClN5O3S. The van der Waals surface area contributed by atoms with Crippen LogP contribution in [-0.4, -0.2) is 45.7 Å². The van der Waals surface area contributed by atoms with Crippen molar-refractivity contribution in [3.8, 4) is 17.2 Å². The first kappa shape index (κ1) is 22.9. The highest BCUT2D eigenvalue weighted by molar-refractivity contribution is 8.26. The second-order valence-electron chi connectivity index (χ2n) is 7.64. The summed E-state index contributed by atoms with van der Waals surface area (Å²) in [6.07, 6.45) is 4.04. The number of amidine groups is 2. The molecule has 0 unspecified atom stereocenters. The smallest absolute Gasteiger partial charge is 0.283 e. The van der Waals surface area contributed by atoms with Gasteiger partial charge in [-0.1, -0.05) is 41.9 Å². The largest absolute Gasteiger partial charge is 0.495 e. The van der Waals surface area contributed by atoms with E-state index in [0.717, 1.165) is 10.6 Å². The van der Waals surface area contributed by atoms with Crippen LogP contribution in [0, 0.1) is 5.41 Å². The number of carbonyl (C=O) groups excluding carboxylic acids is 1. The molecule has 1 amide bonds. The number of amides is 1. The molecule has 5 rings (SSSR count). The Morgan fingerprint density at radius 1 is 1.09 bits per heavy atom. The predicted molar refractivity (Wildman–Crippen MR) is 139 cm³/mol. The Hall–Kier alpha value is -3.82. The molecule has 0 spiro atoms. The topological polar surface area (TPSA) is 92.3 Å². The Morgan fingerprint density at radius 3 is 2.60 bits per heavy atom. The summed E-state index contributed by atoms with van der Waals surface area (Å²) in [5.74, 6) is 0.514. The van der Waals surface area contributed by atoms with Gasteiger partial charge in [0.2, 0.25) is 5.17 Å². The lowest BCUT2D eigenvalue weighted by Crippen LogP contribution is -2.35. The second-order valence-corrected chi connectivity index (χ2v) is 9.09. The van der Waals surface area contributed by atoms with E-state index in [2.05, 4.69) is 10.1 Å². The molecule has 2 aromatic carbocycles. The van der Waals surface area contributed by atoms with Gasteiger partial charge in [-0.2, -0.15) is 15.1 Å². The van der Waals surface area contributed by atoms with Crippen LogP contribution < -0.4 is 9.47 Å². The van der Waals surface area contributed by atoms with Crippen LogP contribution in [0.2, 0.25) is 5.02 Å². The number of methoxy groups -OCH3 is 2. The van der Waals surface area contributed by atoms with Crippen molar-refractivity contribution < 1.29 is 14.3 Å². The minimum absolute atomic E-state index is 0.0250. The number of hydrazone groups is 1. The van der Waals surface area contributed by atoms with E-state index in [1.807, 2.05) is 53.2 Å². The van der Waals surface area contributed by atoms with Gasteiger partial charge in [-0.05, 0) is 41.6 Å². The summed E-state index contributed by atoms with van der Waals surface area (Å²) >= 11 is 7.67. The number of thioether (sulfide) groups is 1. The SMILES string of the molecule is COc1cc(OC)c(-n2cccc2/C=C2/C(=N)N3N=C(Cc4ccccc4)SC3=NC2=O)cc1Cl. The summed E-state index contributed by atoms with van der Waals surface area (Å²) in [7, 11) is 3.09. The Bertz CT molecular complexity index is 1430. The van der Waals surface area contributed by atoms with E-state index in [4.69, 9.17) is 26.5 Å². The number of rotatable bonds is 6. The van der Waals surface area contributed by atoms with Crippen LogP contribution in [0.15, 0.2) is 76.5 Å². The first-order valence-electron chi connectivity index (χ1n) is 10.6. The molecule has 35 heavy (non-hydrogen) atoms. The number of nitrogens with one attached hydrogen (secondary N) is 1. The third kappa shape index (κ3) is 4.36. The zero-order valence-electron chi connectivity index (χ0n) is 18.9. The summed E-state index contributed by atoms with van der Waals surface area (Å²) in [6, 6.07) is 17.0. The van der Waals surface area contributed by atoms with Gasteiger partial charge in [0.15, 0.2) is 5.84 Å². The lowest BCUT2D eigenvalue weighted by molar-refractivity contribution is -0.114. The standard InChI is InChI=1S/C25H20ClN5O3S/c1-33-20-14-21(34-2)19(13-18(20)26)30-10-6-9-16(30)12-17-23(27)31-25(28-24(17)32)35-22(29-31)11-15-7-4-3-5-8-15/h3-10,12-14,27H,11H2,1-2H3/b17-12-,27-23?. The molecule has 0 atom stereocenters. The summed E-state index contributed by atoms with van der Waals surface area (Å²) in [5.41, 5.74) is 2.54. The average molecular weight is 506 g/mol. The number of aromatic nitrogens is 1. The molecular weight excluding hydrogens is 486 g/mol. The molecule has 2 aliphatic rings. The molecule has 0 bridgehead atoms. The number of benzene rings is 2. The van der Waals surface area contributed by atoms with Gasteiger partial charge in [0.05, 0.1) is 30.5 Å². The van der Waals surface area contributed by atoms with Crippen molar-refractivity contribution in [1.82, 2.24) is 9.58 Å². The molecule has 176 valence electrons. The minimum Gasteiger partial charge on any atom is -0.495 e. The number of fused-ring (bicyclic) bond motifs is 1. The molecule has 0 radical (unpaired) electrons. The number of hydrogen-bond acceptors (Lipinski definition) is 6. The van der Waals surface area contributed by atoms with E-state index in [9.17, 15) is 4.79 Å². The van der Waals surface area contributed by atoms with Crippen molar-refractivity contribution in [2.75, 3.05) is 14.2 Å². The second kappa shape index (κ2) is 9.44. The number of hydrogen-bond donors (Lipinski definition) is 1. The molecule has 0 saturated carbocycles. The first-order chi connectivity index (χ1) is 17.0. The zero-order valence-corrected chi connectivity index (χ0v) is 20.4. The molecule has 8 nitrogen and oxygen atoms in total. The van der Waals surface area contributed by atoms with Crippen molar-refractivity contribution in [3.05, 3.63) is 82.6 Å². The maximum Gasteiger partial charge on any atom is 0.283 e. The average Bonchev–Trinajstić information content (AvgIpc) is 3.49. The van der Waals surface area contributed by atoms with Crippen LogP contribution >= 0.6 is 23.4 Å². The number of aliphatic imine (C=N–C) groups is 1. The van der Waals surface area contributed by atoms with Gasteiger partial charge in [-0.15, -0.1) is 0 Å². The van der Waals surface area contributed by atoms with E-state index < -0.39 is 5.91 Å². The maximum atomic E-state index is 12.9. The van der Waals surface area contributed by atoms with Crippen molar-refractivity contribution in [3.63, 3.8) is 0 Å². The van der Waals surface area contributed by atoms with Crippen molar-refractivity contribution >= 4 is 51.4 Å². The van der Waals surface area contributed by atoms with Gasteiger partial charge < -0.3 is 14.0 Å². The van der Waals surface area contributed by atoms with Crippen LogP contribution in [-0.2, 0) is 11.2 Å². The molecule has 2 aliphatic heterocycles. The summed E-state index contributed by atoms with van der Waals surface area (Å²) in [4.78, 5) is 17.1. The van der Waals surface area contributed by atoms with Crippen LogP contribution in [0.1, 0.15) is 11.3 Å². The van der Waals surface area contributed by atoms with Crippen LogP contribution in [0.3, 0.4) is 0 Å². The fourth-order valence-corrected chi connectivity index (χ4v) is 4.94. The molecule has 0 fully saturated rings. The summed E-state index contributed by atoms with van der Waals surface area (Å²) < 4.78 is 12.6. The van der Waals surface area contributed by atoms with Gasteiger partial charge in [0, 0.05) is 24.4 Å². The van der Waals surface area contributed by atoms with Crippen LogP contribution in [0.4, 0.5) is 0 Å². The zero-order chi connectivity index (χ0) is 24.5. The Morgan fingerprint density at radius 2 is 1.86 bits per heavy atom. The Labute approximate surface area is 211 Å². The third-order valence-corrected chi connectivity index (χ3v) is 6.68. The lowest BCUT2D eigenvalue weighted by atomic mass is 10.1. The van der Waals surface area contributed by atoms with E-state index in [-0.39, 0.29) is 11.4 Å². The van der Waals surface area contributed by atoms with Crippen molar-refractivity contribution in [2.45, 2.75) is 6.42 Å². The third-order valence-electron chi connectivity index (χ3n) is 5.48. The minimum atomic E-state index is -0.489. The number of ether oxygens (including phenoxy) is 2. The summed E-state index contributed by atoms with van der Waals surface area (Å²) in [6.45, 7) is 0. The van der Waals surface area contributed by atoms with Gasteiger partial charge in [0.1, 0.15) is 16.5 Å². The Kier molecular flexibility index (Phi) is 6.19. The molecule has 1 N–H and O–H groups in total. The van der Waals surface area contributed by atoms with Gasteiger partial charge in [0.25, 0.3) is 5.91 Å². The number of nitrogens with zero attached hydrogens (tertiary/aromatic N) is 4. The lowest BCUT2D eigenvalue weighted by Gasteiger charge is -2.20. The van der Waals surface area contributed by atoms with Crippen molar-refractivity contribution in [1.29, 1.82) is 5.41 Å². The maximum absolute atomic E-state index is 12.9. The first-order valence-corrected chi connectivity index (χ1v) is 11.8. The molecule has 1 aromatic heterocycles. The monoisotopic (exact) mass is 505 g/mol. The highest BCUT2D eigenvalue weighted by atomic mass is 35.5. The molecule has 10 heteroatoms. The fraction of sp³-hybridized carbons (Fsp3) is 0.120. The normalized spacial score (nSPS) is 16.3. The van der Waals surface area contributed by atoms with Gasteiger partial charge in [-0.25, -0.2) is 0 Å². The van der Waals surface area contributed by atoms with E-state index in [1.165, 1.54) is 23.9 Å². The van der Waals surface area contributed by atoms with E-state index in [1.54, 1.807) is 25.3 Å².